The van der Waals surface area contributed by atoms with E-state index in [1.165, 1.54) is 5.56 Å². The van der Waals surface area contributed by atoms with Crippen molar-refractivity contribution in [1.29, 1.82) is 0 Å². The highest BCUT2D eigenvalue weighted by atomic mass is 16.3. The monoisotopic (exact) mass is 273 g/mol. The van der Waals surface area contributed by atoms with Gasteiger partial charge in [0.1, 0.15) is 17.3 Å². The molecule has 2 heterocycles. The Hall–Kier alpha value is -1.81. The highest BCUT2D eigenvalue weighted by molar-refractivity contribution is 5.42. The molecule has 20 heavy (non-hydrogen) atoms. The molecule has 2 aromatic rings. The summed E-state index contributed by atoms with van der Waals surface area (Å²) in [6, 6.07) is 8.26. The predicted octanol–water partition coefficient (Wildman–Crippen LogP) is 3.04. The number of nitrogens with one attached hydrogen (secondary N) is 1. The molecule has 0 atom stereocenters. The molecule has 0 saturated carbocycles. The van der Waals surface area contributed by atoms with Crippen LogP contribution in [0.1, 0.15) is 29.7 Å². The molecule has 0 aliphatic rings. The molecule has 2 rings (SSSR count). The molecular formula is C16H23N3O. The highest BCUT2D eigenvalue weighted by Gasteiger charge is 2.08. The van der Waals surface area contributed by atoms with Crippen molar-refractivity contribution in [3.8, 4) is 0 Å². The van der Waals surface area contributed by atoms with E-state index in [0.29, 0.717) is 0 Å². The molecule has 0 fully saturated rings. The number of anilines is 1. The van der Waals surface area contributed by atoms with Crippen molar-refractivity contribution in [2.24, 2.45) is 0 Å². The Kier molecular flexibility index (Phi) is 4.79. The van der Waals surface area contributed by atoms with Crippen LogP contribution in [0.3, 0.4) is 0 Å². The molecule has 0 radical (unpaired) electrons. The summed E-state index contributed by atoms with van der Waals surface area (Å²) < 4.78 is 5.62. The van der Waals surface area contributed by atoms with Crippen molar-refractivity contribution in [3.63, 3.8) is 0 Å². The first-order valence-electron chi connectivity index (χ1n) is 7.03. The number of pyridine rings is 1. The van der Waals surface area contributed by atoms with Crippen molar-refractivity contribution in [2.75, 3.05) is 18.5 Å². The van der Waals surface area contributed by atoms with Gasteiger partial charge >= 0.3 is 0 Å². The fourth-order valence-corrected chi connectivity index (χ4v) is 2.17. The van der Waals surface area contributed by atoms with E-state index in [9.17, 15) is 0 Å². The van der Waals surface area contributed by atoms with Crippen LogP contribution in [0.4, 0.5) is 5.82 Å². The number of aryl methyl sites for hydroxylation is 2. The highest BCUT2D eigenvalue weighted by Crippen LogP contribution is 2.17. The van der Waals surface area contributed by atoms with Crippen molar-refractivity contribution >= 4 is 5.82 Å². The van der Waals surface area contributed by atoms with Gasteiger partial charge in [-0.05, 0) is 50.2 Å². The number of hydrogen-bond donors (Lipinski definition) is 1. The van der Waals surface area contributed by atoms with Crippen LogP contribution in [-0.4, -0.2) is 18.6 Å². The lowest BCUT2D eigenvalue weighted by Crippen LogP contribution is -2.19. The molecule has 4 nitrogen and oxygen atoms in total. The third kappa shape index (κ3) is 3.84. The maximum absolute atomic E-state index is 5.62. The lowest BCUT2D eigenvalue weighted by molar-refractivity contribution is 0.481. The smallest absolute Gasteiger partial charge is 0.129 e. The normalized spacial score (nSPS) is 10.8. The second kappa shape index (κ2) is 6.57. The van der Waals surface area contributed by atoms with Crippen LogP contribution in [0.15, 0.2) is 28.7 Å². The molecular weight excluding hydrogens is 250 g/mol. The fraction of sp³-hybridized carbons (Fsp3) is 0.438. The van der Waals surface area contributed by atoms with E-state index in [1.54, 1.807) is 0 Å². The summed E-state index contributed by atoms with van der Waals surface area (Å²) in [5, 5.41) is 3.35. The Morgan fingerprint density at radius 3 is 2.70 bits per heavy atom. The third-order valence-electron chi connectivity index (χ3n) is 3.16. The van der Waals surface area contributed by atoms with E-state index in [2.05, 4.69) is 34.3 Å². The van der Waals surface area contributed by atoms with Crippen LogP contribution < -0.4 is 10.2 Å². The first-order chi connectivity index (χ1) is 9.58. The number of rotatable bonds is 6. The summed E-state index contributed by atoms with van der Waals surface area (Å²) in [4.78, 5) is 6.71. The minimum atomic E-state index is 0.727. The Morgan fingerprint density at radius 1 is 1.25 bits per heavy atom. The Morgan fingerprint density at radius 2 is 2.05 bits per heavy atom. The second-order valence-corrected chi connectivity index (χ2v) is 5.12. The zero-order chi connectivity index (χ0) is 14.5. The molecule has 2 aromatic heterocycles. The van der Waals surface area contributed by atoms with Gasteiger partial charge in [-0.15, -0.1) is 0 Å². The summed E-state index contributed by atoms with van der Waals surface area (Å²) in [7, 11) is 2.04. The van der Waals surface area contributed by atoms with Gasteiger partial charge in [0.25, 0.3) is 0 Å². The molecule has 0 amide bonds. The fourth-order valence-electron chi connectivity index (χ4n) is 2.17. The Balaban J connectivity index is 2.12. The number of aromatic nitrogens is 1. The van der Waals surface area contributed by atoms with Gasteiger partial charge in [0.05, 0.1) is 6.54 Å². The van der Waals surface area contributed by atoms with Crippen molar-refractivity contribution in [1.82, 2.24) is 10.3 Å². The van der Waals surface area contributed by atoms with Gasteiger partial charge < -0.3 is 14.6 Å². The lowest BCUT2D eigenvalue weighted by atomic mass is 10.2. The zero-order valence-corrected chi connectivity index (χ0v) is 12.7. The zero-order valence-electron chi connectivity index (χ0n) is 12.7. The van der Waals surface area contributed by atoms with E-state index < -0.39 is 0 Å². The Bertz CT molecular complexity index is 563. The number of nitrogens with zero attached hydrogens (tertiary/aromatic N) is 2. The molecule has 0 aliphatic carbocycles. The average Bonchev–Trinajstić information content (AvgIpc) is 2.81. The molecule has 0 unspecified atom stereocenters. The molecule has 1 N–H and O–H groups in total. The second-order valence-electron chi connectivity index (χ2n) is 5.12. The first kappa shape index (κ1) is 14.6. The molecule has 4 heteroatoms. The van der Waals surface area contributed by atoms with E-state index in [0.717, 1.165) is 42.7 Å². The van der Waals surface area contributed by atoms with Gasteiger partial charge in [0, 0.05) is 19.3 Å². The lowest BCUT2D eigenvalue weighted by Gasteiger charge is -2.18. The standard InChI is InChI=1S/C16H23N3O/c1-5-17-10-14-8-12(2)18-16(9-14)19(4)11-15-7-6-13(3)20-15/h6-9,17H,5,10-11H2,1-4H3. The van der Waals surface area contributed by atoms with E-state index in [-0.39, 0.29) is 0 Å². The van der Waals surface area contributed by atoms with Crippen LogP contribution in [0.5, 0.6) is 0 Å². The van der Waals surface area contributed by atoms with Gasteiger partial charge in [-0.2, -0.15) is 0 Å². The van der Waals surface area contributed by atoms with Crippen LogP contribution in [-0.2, 0) is 13.1 Å². The van der Waals surface area contributed by atoms with Crippen molar-refractivity contribution < 1.29 is 4.42 Å². The summed E-state index contributed by atoms with van der Waals surface area (Å²) >= 11 is 0. The van der Waals surface area contributed by atoms with E-state index in [1.807, 2.05) is 33.0 Å². The van der Waals surface area contributed by atoms with Crippen LogP contribution in [0, 0.1) is 13.8 Å². The maximum atomic E-state index is 5.62. The quantitative estimate of drug-likeness (QED) is 0.878. The SMILES string of the molecule is CCNCc1cc(C)nc(N(C)Cc2ccc(C)o2)c1. The summed E-state index contributed by atoms with van der Waals surface area (Å²) in [6.07, 6.45) is 0. The molecule has 0 spiro atoms. The van der Waals surface area contributed by atoms with Gasteiger partial charge in [-0.3, -0.25) is 0 Å². The van der Waals surface area contributed by atoms with E-state index in [4.69, 9.17) is 4.42 Å². The van der Waals surface area contributed by atoms with Gasteiger partial charge in [-0.25, -0.2) is 4.98 Å². The predicted molar refractivity (Wildman–Crippen MR) is 81.9 cm³/mol. The van der Waals surface area contributed by atoms with Crippen molar-refractivity contribution in [3.05, 3.63) is 47.0 Å². The average molecular weight is 273 g/mol. The topological polar surface area (TPSA) is 41.3 Å². The minimum absolute atomic E-state index is 0.727. The molecule has 0 aromatic carbocycles. The maximum Gasteiger partial charge on any atom is 0.129 e. The first-order valence-corrected chi connectivity index (χ1v) is 7.03. The van der Waals surface area contributed by atoms with Crippen molar-refractivity contribution in [2.45, 2.75) is 33.9 Å². The van der Waals surface area contributed by atoms with Gasteiger partial charge in [0.15, 0.2) is 0 Å². The minimum Gasteiger partial charge on any atom is -0.464 e. The van der Waals surface area contributed by atoms with Gasteiger partial charge in [-0.1, -0.05) is 6.92 Å². The Labute approximate surface area is 120 Å². The summed E-state index contributed by atoms with van der Waals surface area (Å²) in [6.45, 7) is 8.68. The third-order valence-corrected chi connectivity index (χ3v) is 3.16. The molecule has 0 aliphatic heterocycles. The van der Waals surface area contributed by atoms with Crippen LogP contribution in [0.25, 0.3) is 0 Å². The van der Waals surface area contributed by atoms with Gasteiger partial charge in [0.2, 0.25) is 0 Å². The molecule has 0 bridgehead atoms. The van der Waals surface area contributed by atoms with Crippen LogP contribution in [0.2, 0.25) is 0 Å². The summed E-state index contributed by atoms with van der Waals surface area (Å²) in [5.41, 5.74) is 2.30. The van der Waals surface area contributed by atoms with Crippen LogP contribution >= 0.6 is 0 Å². The van der Waals surface area contributed by atoms with E-state index >= 15 is 0 Å². The number of furan rings is 1. The number of hydrogen-bond acceptors (Lipinski definition) is 4. The largest absolute Gasteiger partial charge is 0.464 e. The summed E-state index contributed by atoms with van der Waals surface area (Å²) in [5.74, 6) is 2.88. The molecule has 0 saturated heterocycles. The molecule has 108 valence electrons.